The van der Waals surface area contributed by atoms with Crippen molar-refractivity contribution in [2.75, 3.05) is 7.11 Å². The van der Waals surface area contributed by atoms with Crippen molar-refractivity contribution in [3.05, 3.63) is 48.3 Å². The van der Waals surface area contributed by atoms with Crippen LogP contribution in [0.1, 0.15) is 53.2 Å². The summed E-state index contributed by atoms with van der Waals surface area (Å²) in [7, 11) is -0.893. The van der Waals surface area contributed by atoms with Crippen LogP contribution in [0.5, 0.6) is 17.2 Å². The number of rotatable bonds is 6. The third-order valence-electron chi connectivity index (χ3n) is 6.26. The van der Waals surface area contributed by atoms with Crippen molar-refractivity contribution < 1.29 is 13.6 Å². The molecule has 0 aliphatic carbocycles. The van der Waals surface area contributed by atoms with Gasteiger partial charge in [-0.3, -0.25) is 0 Å². The van der Waals surface area contributed by atoms with Crippen LogP contribution in [0, 0.1) is 0 Å². The van der Waals surface area contributed by atoms with Crippen molar-refractivity contribution in [3.63, 3.8) is 0 Å². The summed E-state index contributed by atoms with van der Waals surface area (Å²) in [6.07, 6.45) is 5.43. The Bertz CT molecular complexity index is 1050. The number of methoxy groups -OCH3 is 1. The number of unbranched alkanes of at least 4 members (excludes halogenated alkanes) is 1. The first-order valence-corrected chi connectivity index (χ1v) is 13.1. The Hall–Kier alpha value is -2.40. The summed E-state index contributed by atoms with van der Waals surface area (Å²) in [5.41, 5.74) is 5.26. The predicted octanol–water partition coefficient (Wildman–Crippen LogP) is 6.99. The second kappa shape index (κ2) is 8.03. The summed E-state index contributed by atoms with van der Waals surface area (Å²) >= 11 is 0. The fraction of sp³-hybridized carbons (Fsp3) is 0.440. The zero-order valence-corrected chi connectivity index (χ0v) is 20.0. The van der Waals surface area contributed by atoms with Gasteiger partial charge in [0.25, 0.3) is 0 Å². The highest BCUT2D eigenvalue weighted by Crippen LogP contribution is 2.51. The van der Waals surface area contributed by atoms with Crippen LogP contribution in [0.4, 0.5) is 0 Å². The second-order valence-electron chi connectivity index (χ2n) is 8.81. The van der Waals surface area contributed by atoms with Gasteiger partial charge in [-0.1, -0.05) is 47.1 Å². The molecule has 0 spiro atoms. The lowest BCUT2D eigenvalue weighted by molar-refractivity contribution is 0.358. The third kappa shape index (κ3) is 3.20. The van der Waals surface area contributed by atoms with Crippen molar-refractivity contribution in [1.82, 2.24) is 4.40 Å². The number of aromatic nitrogens is 1. The van der Waals surface area contributed by atoms with Gasteiger partial charge >= 0.3 is 8.56 Å². The van der Waals surface area contributed by atoms with E-state index in [1.54, 1.807) is 7.11 Å². The van der Waals surface area contributed by atoms with Crippen LogP contribution >= 0.6 is 0 Å². The quantitative estimate of drug-likeness (QED) is 0.400. The SMILES string of the molecule is CCCCc1c2c(c3ccccn13)O[Si](C(C)C)(C(C)C)Oc1ccc(OC)cc1-2. The Labute approximate surface area is 181 Å². The molecular formula is C25H33NO3Si. The normalized spacial score (nSPS) is 14.8. The first kappa shape index (κ1) is 20.9. The average molecular weight is 424 g/mol. The number of ether oxygens (including phenoxy) is 1. The van der Waals surface area contributed by atoms with E-state index < -0.39 is 8.56 Å². The average Bonchev–Trinajstić information content (AvgIpc) is 2.94. The smallest absolute Gasteiger partial charge is 0.465 e. The lowest BCUT2D eigenvalue weighted by Gasteiger charge is -2.36. The summed E-state index contributed by atoms with van der Waals surface area (Å²) in [5, 5.41) is 0. The van der Waals surface area contributed by atoms with Crippen LogP contribution in [-0.4, -0.2) is 20.1 Å². The lowest BCUT2D eigenvalue weighted by Crippen LogP contribution is -2.53. The molecule has 1 aliphatic heterocycles. The van der Waals surface area contributed by atoms with Gasteiger partial charge in [-0.05, 0) is 43.2 Å². The predicted molar refractivity (Wildman–Crippen MR) is 125 cm³/mol. The molecule has 0 amide bonds. The molecule has 4 nitrogen and oxygen atoms in total. The summed E-state index contributed by atoms with van der Waals surface area (Å²) in [5.74, 6) is 2.73. The maximum Gasteiger partial charge on any atom is 0.465 e. The van der Waals surface area contributed by atoms with E-state index >= 15 is 0 Å². The van der Waals surface area contributed by atoms with Gasteiger partial charge in [0, 0.05) is 34.1 Å². The topological polar surface area (TPSA) is 32.1 Å². The van der Waals surface area contributed by atoms with Crippen LogP contribution < -0.4 is 13.6 Å². The summed E-state index contributed by atoms with van der Waals surface area (Å²) in [6, 6.07) is 12.5. The van der Waals surface area contributed by atoms with Gasteiger partial charge in [0.1, 0.15) is 17.2 Å². The fourth-order valence-electron chi connectivity index (χ4n) is 4.62. The zero-order chi connectivity index (χ0) is 21.5. The van der Waals surface area contributed by atoms with Gasteiger partial charge in [0.2, 0.25) is 0 Å². The van der Waals surface area contributed by atoms with E-state index in [1.807, 2.05) is 6.07 Å². The molecule has 0 saturated heterocycles. The van der Waals surface area contributed by atoms with Crippen molar-refractivity contribution in [1.29, 1.82) is 0 Å². The Morgan fingerprint density at radius 1 is 1.03 bits per heavy atom. The van der Waals surface area contributed by atoms with Crippen LogP contribution in [0.25, 0.3) is 16.6 Å². The maximum atomic E-state index is 7.05. The zero-order valence-electron chi connectivity index (χ0n) is 19.0. The molecule has 0 fully saturated rings. The Kier molecular flexibility index (Phi) is 5.58. The molecule has 0 unspecified atom stereocenters. The van der Waals surface area contributed by atoms with E-state index in [9.17, 15) is 0 Å². The molecule has 3 aromatic rings. The van der Waals surface area contributed by atoms with Crippen molar-refractivity contribution >= 4 is 14.1 Å². The summed E-state index contributed by atoms with van der Waals surface area (Å²) in [4.78, 5) is 0. The lowest BCUT2D eigenvalue weighted by atomic mass is 10.0. The van der Waals surface area contributed by atoms with Gasteiger partial charge in [-0.25, -0.2) is 0 Å². The molecule has 0 bridgehead atoms. The minimum Gasteiger partial charge on any atom is -0.511 e. The molecule has 1 aromatic carbocycles. The van der Waals surface area contributed by atoms with Crippen LogP contribution in [0.15, 0.2) is 42.6 Å². The van der Waals surface area contributed by atoms with Crippen molar-refractivity contribution in [3.8, 4) is 28.4 Å². The van der Waals surface area contributed by atoms with Gasteiger partial charge < -0.3 is 18.0 Å². The first-order valence-electron chi connectivity index (χ1n) is 11.1. The highest BCUT2D eigenvalue weighted by Gasteiger charge is 2.52. The highest BCUT2D eigenvalue weighted by molar-refractivity contribution is 6.72. The van der Waals surface area contributed by atoms with E-state index in [2.05, 4.69) is 75.5 Å². The molecule has 0 atom stereocenters. The summed E-state index contributed by atoms with van der Waals surface area (Å²) < 4.78 is 21.8. The molecule has 0 saturated carbocycles. The monoisotopic (exact) mass is 423 g/mol. The molecule has 160 valence electrons. The van der Waals surface area contributed by atoms with Crippen LogP contribution in [0.3, 0.4) is 0 Å². The van der Waals surface area contributed by atoms with Gasteiger partial charge in [-0.15, -0.1) is 0 Å². The van der Waals surface area contributed by atoms with Crippen LogP contribution in [-0.2, 0) is 6.42 Å². The van der Waals surface area contributed by atoms with Gasteiger partial charge in [-0.2, -0.15) is 0 Å². The second-order valence-corrected chi connectivity index (χ2v) is 13.0. The van der Waals surface area contributed by atoms with Gasteiger partial charge in [0.15, 0.2) is 0 Å². The van der Waals surface area contributed by atoms with Crippen molar-refractivity contribution in [2.45, 2.75) is 65.0 Å². The van der Waals surface area contributed by atoms with E-state index in [1.165, 1.54) is 11.3 Å². The largest absolute Gasteiger partial charge is 0.511 e. The molecular weight excluding hydrogens is 390 g/mol. The number of aryl methyl sites for hydroxylation is 1. The number of benzene rings is 1. The fourth-order valence-corrected chi connectivity index (χ4v) is 7.99. The van der Waals surface area contributed by atoms with E-state index in [0.717, 1.165) is 47.6 Å². The maximum absolute atomic E-state index is 7.05. The molecule has 3 heterocycles. The number of nitrogens with zero attached hydrogens (tertiary/aromatic N) is 1. The van der Waals surface area contributed by atoms with E-state index in [4.69, 9.17) is 13.6 Å². The minimum absolute atomic E-state index is 0.302. The molecule has 5 heteroatoms. The van der Waals surface area contributed by atoms with Crippen molar-refractivity contribution in [2.24, 2.45) is 0 Å². The minimum atomic E-state index is -2.61. The molecule has 30 heavy (non-hydrogen) atoms. The number of pyridine rings is 1. The number of hydrogen-bond donors (Lipinski definition) is 0. The molecule has 0 radical (unpaired) electrons. The molecule has 4 rings (SSSR count). The Morgan fingerprint density at radius 3 is 2.47 bits per heavy atom. The first-order chi connectivity index (χ1) is 14.4. The van der Waals surface area contributed by atoms with Crippen LogP contribution in [0.2, 0.25) is 11.1 Å². The van der Waals surface area contributed by atoms with E-state index in [0.29, 0.717) is 11.1 Å². The van der Waals surface area contributed by atoms with E-state index in [-0.39, 0.29) is 0 Å². The molecule has 1 aliphatic rings. The highest BCUT2D eigenvalue weighted by atomic mass is 28.4. The number of fused-ring (bicyclic) bond motifs is 5. The molecule has 2 aromatic heterocycles. The summed E-state index contributed by atoms with van der Waals surface area (Å²) in [6.45, 7) is 11.2. The molecule has 0 N–H and O–H groups in total. The third-order valence-corrected chi connectivity index (χ3v) is 10.5. The Morgan fingerprint density at radius 2 is 1.80 bits per heavy atom. The standard InChI is InChI=1S/C25H33NO3Si/c1-7-8-11-21-24-20-16-19(27-6)13-14-23(20)28-30(17(2)3,18(4)5)29-25(24)22-12-9-10-15-26(21)22/h9-10,12-18H,7-8,11H2,1-6H3. The Balaban J connectivity index is 2.09. The van der Waals surface area contributed by atoms with Gasteiger partial charge in [0.05, 0.1) is 12.6 Å². The number of hydrogen-bond acceptors (Lipinski definition) is 3.